The molecule has 0 saturated carbocycles. The maximum absolute atomic E-state index is 11.9. The summed E-state index contributed by atoms with van der Waals surface area (Å²) in [5.41, 5.74) is 4.05. The summed E-state index contributed by atoms with van der Waals surface area (Å²) in [6.45, 7) is 5.09. The lowest BCUT2D eigenvalue weighted by Gasteiger charge is -2.19. The Morgan fingerprint density at radius 1 is 1.09 bits per heavy atom. The average molecular weight is 328 g/mol. The second-order valence-corrected chi connectivity index (χ2v) is 5.76. The van der Waals surface area contributed by atoms with Crippen molar-refractivity contribution in [1.82, 2.24) is 16.2 Å². The number of nitrogens with one attached hydrogen (secondary N) is 3. The van der Waals surface area contributed by atoms with E-state index in [2.05, 4.69) is 16.2 Å². The Hall–Kier alpha value is -2.28. The lowest BCUT2D eigenvalue weighted by Crippen LogP contribution is -2.44. The number of hydrazine groups is 1. The first-order valence-electron chi connectivity index (χ1n) is 6.45. The Bertz CT molecular complexity index is 596. The number of amides is 3. The number of hydrogen-bond donors (Lipinski definition) is 3. The Morgan fingerprint density at radius 2 is 1.73 bits per heavy atom. The Balaban J connectivity index is 2.70. The van der Waals surface area contributed by atoms with Crippen LogP contribution in [0.5, 0.6) is 0 Å². The van der Waals surface area contributed by atoms with Crippen molar-refractivity contribution in [3.8, 4) is 0 Å². The highest BCUT2D eigenvalue weighted by Gasteiger charge is 2.18. The van der Waals surface area contributed by atoms with Crippen LogP contribution in [-0.4, -0.2) is 30.6 Å². The minimum atomic E-state index is -0.793. The molecular formula is C14H18ClN3O4. The van der Waals surface area contributed by atoms with Gasteiger partial charge in [-0.3, -0.25) is 15.0 Å². The van der Waals surface area contributed by atoms with Crippen molar-refractivity contribution >= 4 is 29.5 Å². The summed E-state index contributed by atoms with van der Waals surface area (Å²) in [6, 6.07) is 4.20. The van der Waals surface area contributed by atoms with Crippen molar-refractivity contribution < 1.29 is 19.1 Å². The molecule has 1 aromatic rings. The summed E-state index contributed by atoms with van der Waals surface area (Å²) in [4.78, 5) is 34.8. The zero-order valence-electron chi connectivity index (χ0n) is 12.7. The number of carbonyl (C=O) groups excluding carboxylic acids is 3. The van der Waals surface area contributed by atoms with Gasteiger partial charge >= 0.3 is 6.09 Å². The molecule has 0 fully saturated rings. The van der Waals surface area contributed by atoms with Crippen LogP contribution < -0.4 is 16.2 Å². The third kappa shape index (κ3) is 5.25. The molecule has 0 aliphatic heterocycles. The SMILES string of the molecule is CNC(=O)c1ccc(C(=O)NNC(=O)OC(C)(C)C)c(Cl)c1. The molecule has 0 atom stereocenters. The summed E-state index contributed by atoms with van der Waals surface area (Å²) < 4.78 is 4.97. The lowest BCUT2D eigenvalue weighted by atomic mass is 10.1. The fourth-order valence-corrected chi connectivity index (χ4v) is 1.73. The van der Waals surface area contributed by atoms with Gasteiger partial charge in [0.2, 0.25) is 0 Å². The Labute approximate surface area is 133 Å². The van der Waals surface area contributed by atoms with Gasteiger partial charge in [0.25, 0.3) is 11.8 Å². The van der Waals surface area contributed by atoms with Crippen molar-refractivity contribution in [2.75, 3.05) is 7.05 Å². The molecule has 0 heterocycles. The fourth-order valence-electron chi connectivity index (χ4n) is 1.46. The van der Waals surface area contributed by atoms with E-state index in [0.29, 0.717) is 5.56 Å². The van der Waals surface area contributed by atoms with Crippen LogP contribution in [0.1, 0.15) is 41.5 Å². The number of hydrogen-bond acceptors (Lipinski definition) is 4. The first-order valence-corrected chi connectivity index (χ1v) is 6.83. The number of rotatable bonds is 2. The Kier molecular flexibility index (Phi) is 5.76. The van der Waals surface area contributed by atoms with E-state index in [1.54, 1.807) is 20.8 Å². The van der Waals surface area contributed by atoms with Gasteiger partial charge in [0.15, 0.2) is 0 Å². The van der Waals surface area contributed by atoms with Crippen molar-refractivity contribution in [1.29, 1.82) is 0 Å². The molecule has 22 heavy (non-hydrogen) atoms. The molecule has 7 nitrogen and oxygen atoms in total. The molecule has 1 aromatic carbocycles. The van der Waals surface area contributed by atoms with Crippen LogP contribution in [-0.2, 0) is 4.74 Å². The van der Waals surface area contributed by atoms with Crippen molar-refractivity contribution in [2.24, 2.45) is 0 Å². The average Bonchev–Trinajstić information content (AvgIpc) is 2.41. The van der Waals surface area contributed by atoms with Gasteiger partial charge in [-0.15, -0.1) is 0 Å². The van der Waals surface area contributed by atoms with Gasteiger partial charge in [0.05, 0.1) is 10.6 Å². The topological polar surface area (TPSA) is 96.5 Å². The molecule has 3 amide bonds. The molecule has 0 radical (unpaired) electrons. The second kappa shape index (κ2) is 7.13. The summed E-state index contributed by atoms with van der Waals surface area (Å²) in [5, 5.41) is 2.53. The van der Waals surface area contributed by atoms with Crippen LogP contribution >= 0.6 is 11.6 Å². The van der Waals surface area contributed by atoms with E-state index in [-0.39, 0.29) is 16.5 Å². The molecule has 0 bridgehead atoms. The van der Waals surface area contributed by atoms with E-state index in [0.717, 1.165) is 0 Å². The maximum atomic E-state index is 11.9. The van der Waals surface area contributed by atoms with Crippen molar-refractivity contribution in [2.45, 2.75) is 26.4 Å². The summed E-state index contributed by atoms with van der Waals surface area (Å²) >= 11 is 5.96. The third-order valence-corrected chi connectivity index (χ3v) is 2.69. The van der Waals surface area contributed by atoms with E-state index in [9.17, 15) is 14.4 Å². The molecule has 3 N–H and O–H groups in total. The first kappa shape index (κ1) is 17.8. The normalized spacial score (nSPS) is 10.6. The van der Waals surface area contributed by atoms with E-state index in [1.165, 1.54) is 25.2 Å². The van der Waals surface area contributed by atoms with Gasteiger partial charge in [0.1, 0.15) is 5.60 Å². The van der Waals surface area contributed by atoms with Crippen LogP contribution in [0.2, 0.25) is 5.02 Å². The van der Waals surface area contributed by atoms with E-state index in [1.807, 2.05) is 0 Å². The van der Waals surface area contributed by atoms with Crippen LogP contribution in [0, 0.1) is 0 Å². The highest BCUT2D eigenvalue weighted by molar-refractivity contribution is 6.34. The molecule has 0 aliphatic carbocycles. The third-order valence-electron chi connectivity index (χ3n) is 2.38. The molecule has 0 aliphatic rings. The highest BCUT2D eigenvalue weighted by Crippen LogP contribution is 2.17. The molecule has 1 rings (SSSR count). The quantitative estimate of drug-likeness (QED) is 0.722. The van der Waals surface area contributed by atoms with E-state index in [4.69, 9.17) is 16.3 Å². The summed E-state index contributed by atoms with van der Waals surface area (Å²) in [7, 11) is 1.49. The van der Waals surface area contributed by atoms with Crippen LogP contribution in [0.15, 0.2) is 18.2 Å². The standard InChI is InChI=1S/C14H18ClN3O4/c1-14(2,3)22-13(21)18-17-12(20)9-6-5-8(7-10(9)15)11(19)16-4/h5-7H,1-4H3,(H,16,19)(H,17,20)(H,18,21). The summed E-state index contributed by atoms with van der Waals surface area (Å²) in [5.74, 6) is -0.944. The second-order valence-electron chi connectivity index (χ2n) is 5.35. The molecule has 0 aromatic heterocycles. The van der Waals surface area contributed by atoms with Crippen LogP contribution in [0.3, 0.4) is 0 Å². The lowest BCUT2D eigenvalue weighted by molar-refractivity contribution is 0.0483. The molecular weight excluding hydrogens is 310 g/mol. The predicted molar refractivity (Wildman–Crippen MR) is 81.7 cm³/mol. The smallest absolute Gasteiger partial charge is 0.426 e. The zero-order chi connectivity index (χ0) is 16.9. The van der Waals surface area contributed by atoms with E-state index >= 15 is 0 Å². The van der Waals surface area contributed by atoms with Crippen molar-refractivity contribution in [3.05, 3.63) is 34.3 Å². The van der Waals surface area contributed by atoms with Gasteiger partial charge in [-0.2, -0.15) is 0 Å². The first-order chi connectivity index (χ1) is 10.1. The molecule has 120 valence electrons. The molecule has 0 saturated heterocycles. The number of carbonyl (C=O) groups is 3. The molecule has 0 unspecified atom stereocenters. The minimum Gasteiger partial charge on any atom is -0.443 e. The van der Waals surface area contributed by atoms with Gasteiger partial charge in [0, 0.05) is 12.6 Å². The zero-order valence-corrected chi connectivity index (χ0v) is 13.5. The fraction of sp³-hybridized carbons (Fsp3) is 0.357. The van der Waals surface area contributed by atoms with Gasteiger partial charge in [-0.25, -0.2) is 10.2 Å². The van der Waals surface area contributed by atoms with Crippen LogP contribution in [0.4, 0.5) is 4.79 Å². The number of benzene rings is 1. The van der Waals surface area contributed by atoms with Gasteiger partial charge in [-0.05, 0) is 39.0 Å². The highest BCUT2D eigenvalue weighted by atomic mass is 35.5. The molecule has 0 spiro atoms. The van der Waals surface area contributed by atoms with Crippen molar-refractivity contribution in [3.63, 3.8) is 0 Å². The number of halogens is 1. The van der Waals surface area contributed by atoms with Gasteiger partial charge in [-0.1, -0.05) is 11.6 Å². The largest absolute Gasteiger partial charge is 0.443 e. The maximum Gasteiger partial charge on any atom is 0.426 e. The monoisotopic (exact) mass is 327 g/mol. The molecule has 8 heteroatoms. The summed E-state index contributed by atoms with van der Waals surface area (Å²) in [6.07, 6.45) is -0.793. The number of ether oxygens (including phenoxy) is 1. The predicted octanol–water partition coefficient (Wildman–Crippen LogP) is 1.87. The minimum absolute atomic E-state index is 0.0876. The Morgan fingerprint density at radius 3 is 2.23 bits per heavy atom. The van der Waals surface area contributed by atoms with E-state index < -0.39 is 17.6 Å². The van der Waals surface area contributed by atoms with Crippen LogP contribution in [0.25, 0.3) is 0 Å². The van der Waals surface area contributed by atoms with Gasteiger partial charge < -0.3 is 10.1 Å².